The highest BCUT2D eigenvalue weighted by molar-refractivity contribution is 7.89. The van der Waals surface area contributed by atoms with Crippen molar-refractivity contribution in [1.29, 1.82) is 0 Å². The minimum absolute atomic E-state index is 0.0371. The maximum atomic E-state index is 13.3. The molecule has 0 N–H and O–H groups in total. The molecule has 1 aliphatic heterocycles. The Hall–Kier alpha value is -2.99. The molecule has 1 saturated heterocycles. The normalized spacial score (nSPS) is 15.8. The van der Waals surface area contributed by atoms with Gasteiger partial charge in [0.2, 0.25) is 10.0 Å². The second-order valence-corrected chi connectivity index (χ2v) is 9.38. The Morgan fingerprint density at radius 2 is 1.53 bits per heavy atom. The molecule has 1 aromatic carbocycles. The molecule has 0 radical (unpaired) electrons. The van der Waals surface area contributed by atoms with Crippen molar-refractivity contribution in [2.24, 2.45) is 0 Å². The number of nitrogens with zero attached hydrogens (tertiary/aromatic N) is 6. The minimum atomic E-state index is -4.76. The van der Waals surface area contributed by atoms with Crippen LogP contribution in [0.2, 0.25) is 0 Å². The van der Waals surface area contributed by atoms with Crippen molar-refractivity contribution >= 4 is 15.8 Å². The second-order valence-electron chi connectivity index (χ2n) is 7.47. The molecule has 3 heterocycles. The lowest BCUT2D eigenvalue weighted by Gasteiger charge is -2.34. The summed E-state index contributed by atoms with van der Waals surface area (Å²) in [4.78, 5) is 1.12. The summed E-state index contributed by atoms with van der Waals surface area (Å²) in [6.07, 6.45) is -4.76. The average Bonchev–Trinajstić information content (AvgIpc) is 3.11. The van der Waals surface area contributed by atoms with Gasteiger partial charge in [-0.25, -0.2) is 13.1 Å². The Bertz CT molecular complexity index is 1220. The molecule has 0 saturated carbocycles. The van der Waals surface area contributed by atoms with Gasteiger partial charge in [0.25, 0.3) is 0 Å². The van der Waals surface area contributed by atoms with E-state index in [4.69, 9.17) is 0 Å². The summed E-state index contributed by atoms with van der Waals surface area (Å²) in [5, 5.41) is 12.8. The molecule has 0 bridgehead atoms. The average molecular weight is 466 g/mol. The summed E-state index contributed by atoms with van der Waals surface area (Å²) in [5.74, 6) is 1.12. The number of anilines is 1. The standard InChI is InChI=1S/C20H21F3N6O2S/c1-14-13-15(2)29(26-14)19-8-7-18(24-25-19)27-9-11-28(12-10-27)32(30,31)17-6-4-3-5-16(17)20(21,22)23/h3-8,13H,9-12H2,1-2H3. The molecule has 4 rings (SSSR count). The third-order valence-electron chi connectivity index (χ3n) is 5.24. The zero-order valence-electron chi connectivity index (χ0n) is 17.4. The van der Waals surface area contributed by atoms with Crippen LogP contribution >= 0.6 is 0 Å². The molecule has 32 heavy (non-hydrogen) atoms. The van der Waals surface area contributed by atoms with E-state index in [-0.39, 0.29) is 26.2 Å². The van der Waals surface area contributed by atoms with Crippen LogP contribution in [0.15, 0.2) is 47.4 Å². The van der Waals surface area contributed by atoms with Gasteiger partial charge in [-0.05, 0) is 44.2 Å². The van der Waals surface area contributed by atoms with E-state index < -0.39 is 26.7 Å². The quantitative estimate of drug-likeness (QED) is 0.588. The molecule has 0 atom stereocenters. The largest absolute Gasteiger partial charge is 0.417 e. The summed E-state index contributed by atoms with van der Waals surface area (Å²) in [6.45, 7) is 4.42. The summed E-state index contributed by atoms with van der Waals surface area (Å²) < 4.78 is 68.5. The lowest BCUT2D eigenvalue weighted by Crippen LogP contribution is -2.49. The molecule has 8 nitrogen and oxygen atoms in total. The summed E-state index contributed by atoms with van der Waals surface area (Å²) >= 11 is 0. The van der Waals surface area contributed by atoms with Crippen molar-refractivity contribution in [3.05, 3.63) is 59.4 Å². The Morgan fingerprint density at radius 1 is 0.906 bits per heavy atom. The van der Waals surface area contributed by atoms with E-state index in [1.807, 2.05) is 24.8 Å². The first-order valence-electron chi connectivity index (χ1n) is 9.86. The number of alkyl halides is 3. The highest BCUT2D eigenvalue weighted by Gasteiger charge is 2.39. The van der Waals surface area contributed by atoms with Gasteiger partial charge in [0.05, 0.1) is 16.2 Å². The molecule has 170 valence electrons. The van der Waals surface area contributed by atoms with E-state index in [2.05, 4.69) is 15.3 Å². The molecule has 0 amide bonds. The number of hydrogen-bond acceptors (Lipinski definition) is 6. The highest BCUT2D eigenvalue weighted by Crippen LogP contribution is 2.35. The van der Waals surface area contributed by atoms with Crippen LogP contribution < -0.4 is 4.90 Å². The topological polar surface area (TPSA) is 84.2 Å². The zero-order chi connectivity index (χ0) is 23.1. The number of benzene rings is 1. The Balaban J connectivity index is 1.48. The molecular formula is C20H21F3N6O2S. The van der Waals surface area contributed by atoms with Gasteiger partial charge in [0, 0.05) is 31.9 Å². The van der Waals surface area contributed by atoms with E-state index in [0.717, 1.165) is 27.8 Å². The van der Waals surface area contributed by atoms with Crippen LogP contribution in [0.3, 0.4) is 0 Å². The van der Waals surface area contributed by atoms with Crippen molar-refractivity contribution in [2.75, 3.05) is 31.1 Å². The van der Waals surface area contributed by atoms with Crippen molar-refractivity contribution in [2.45, 2.75) is 24.9 Å². The van der Waals surface area contributed by atoms with Gasteiger partial charge in [-0.15, -0.1) is 10.2 Å². The molecule has 0 unspecified atom stereocenters. The molecule has 0 aliphatic carbocycles. The van der Waals surface area contributed by atoms with Gasteiger partial charge >= 0.3 is 6.18 Å². The molecule has 0 spiro atoms. The molecule has 3 aromatic rings. The fourth-order valence-electron chi connectivity index (χ4n) is 3.68. The van der Waals surface area contributed by atoms with E-state index in [9.17, 15) is 21.6 Å². The third-order valence-corrected chi connectivity index (χ3v) is 7.19. The van der Waals surface area contributed by atoms with Gasteiger partial charge in [-0.3, -0.25) is 0 Å². The number of halogens is 3. The fourth-order valence-corrected chi connectivity index (χ4v) is 5.32. The van der Waals surface area contributed by atoms with Crippen LogP contribution in [0, 0.1) is 13.8 Å². The van der Waals surface area contributed by atoms with Crippen molar-refractivity contribution < 1.29 is 21.6 Å². The van der Waals surface area contributed by atoms with Crippen LogP contribution in [-0.4, -0.2) is 58.9 Å². The van der Waals surface area contributed by atoms with Crippen LogP contribution in [0.4, 0.5) is 19.0 Å². The first-order chi connectivity index (χ1) is 15.1. The predicted molar refractivity (Wildman–Crippen MR) is 111 cm³/mol. The third kappa shape index (κ3) is 4.19. The van der Waals surface area contributed by atoms with Crippen LogP contribution in [-0.2, 0) is 16.2 Å². The number of piperazine rings is 1. The van der Waals surface area contributed by atoms with E-state index >= 15 is 0 Å². The summed E-state index contributed by atoms with van der Waals surface area (Å²) in [7, 11) is -4.29. The Morgan fingerprint density at radius 3 is 2.09 bits per heavy atom. The maximum absolute atomic E-state index is 13.3. The molecule has 1 aliphatic rings. The first kappa shape index (κ1) is 22.2. The van der Waals surface area contributed by atoms with Crippen molar-refractivity contribution in [3.63, 3.8) is 0 Å². The molecule has 2 aromatic heterocycles. The molecule has 1 fully saturated rings. The lowest BCUT2D eigenvalue weighted by atomic mass is 10.2. The van der Waals surface area contributed by atoms with Crippen LogP contribution in [0.25, 0.3) is 5.82 Å². The summed E-state index contributed by atoms with van der Waals surface area (Å²) in [6, 6.07) is 9.70. The Kier molecular flexibility index (Phi) is 5.67. The number of rotatable bonds is 4. The van der Waals surface area contributed by atoms with Crippen LogP contribution in [0.1, 0.15) is 17.0 Å². The first-order valence-corrected chi connectivity index (χ1v) is 11.3. The van der Waals surface area contributed by atoms with Gasteiger partial charge in [0.1, 0.15) is 0 Å². The van der Waals surface area contributed by atoms with Gasteiger partial charge in [-0.1, -0.05) is 12.1 Å². The van der Waals surface area contributed by atoms with E-state index in [1.54, 1.807) is 16.8 Å². The van der Waals surface area contributed by atoms with Gasteiger partial charge < -0.3 is 4.90 Å². The SMILES string of the molecule is Cc1cc(C)n(-c2ccc(N3CCN(S(=O)(=O)c4ccccc4C(F)(F)F)CC3)nn2)n1. The van der Waals surface area contributed by atoms with Gasteiger partial charge in [-0.2, -0.15) is 22.6 Å². The number of aromatic nitrogens is 4. The number of aryl methyl sites for hydroxylation is 2. The van der Waals surface area contributed by atoms with Crippen molar-refractivity contribution in [1.82, 2.24) is 24.3 Å². The number of sulfonamides is 1. The predicted octanol–water partition coefficient (Wildman–Crippen LogP) is 2.81. The minimum Gasteiger partial charge on any atom is -0.352 e. The fraction of sp³-hybridized carbons (Fsp3) is 0.350. The smallest absolute Gasteiger partial charge is 0.352 e. The zero-order valence-corrected chi connectivity index (χ0v) is 18.2. The van der Waals surface area contributed by atoms with E-state index in [1.165, 1.54) is 12.1 Å². The molecular weight excluding hydrogens is 445 g/mol. The number of hydrogen-bond donors (Lipinski definition) is 0. The second kappa shape index (κ2) is 8.17. The van der Waals surface area contributed by atoms with E-state index in [0.29, 0.717) is 11.6 Å². The van der Waals surface area contributed by atoms with Crippen molar-refractivity contribution in [3.8, 4) is 5.82 Å². The maximum Gasteiger partial charge on any atom is 0.417 e. The molecule has 12 heteroatoms. The highest BCUT2D eigenvalue weighted by atomic mass is 32.2. The Labute approximate surface area is 183 Å². The lowest BCUT2D eigenvalue weighted by molar-refractivity contribution is -0.139. The monoisotopic (exact) mass is 466 g/mol. The summed E-state index contributed by atoms with van der Waals surface area (Å²) in [5.41, 5.74) is 0.619. The van der Waals surface area contributed by atoms with Crippen LogP contribution in [0.5, 0.6) is 0 Å². The van der Waals surface area contributed by atoms with Gasteiger partial charge in [0.15, 0.2) is 11.6 Å².